The van der Waals surface area contributed by atoms with E-state index in [2.05, 4.69) is 20.6 Å². The Balaban J connectivity index is 1.78. The van der Waals surface area contributed by atoms with Crippen molar-refractivity contribution in [3.63, 3.8) is 0 Å². The number of anilines is 3. The number of hydrogen-bond donors (Lipinski definition) is 4. The summed E-state index contributed by atoms with van der Waals surface area (Å²) in [6.07, 6.45) is 4.24. The van der Waals surface area contributed by atoms with Crippen LogP contribution < -0.4 is 16.4 Å². The molecule has 1 aliphatic rings. The average molecular weight is 517 g/mol. The number of nitrogens with one attached hydrogen (secondary N) is 2. The number of benzene rings is 1. The van der Waals surface area contributed by atoms with Gasteiger partial charge in [-0.15, -0.1) is 0 Å². The van der Waals surface area contributed by atoms with Crippen molar-refractivity contribution in [2.24, 2.45) is 11.1 Å². The normalized spacial score (nSPS) is 20.9. The molecule has 0 aliphatic heterocycles. The van der Waals surface area contributed by atoms with Crippen LogP contribution in [0.25, 0.3) is 11.2 Å². The number of imidazole rings is 1. The van der Waals surface area contributed by atoms with Crippen molar-refractivity contribution in [2.75, 3.05) is 17.2 Å². The highest BCUT2D eigenvalue weighted by molar-refractivity contribution is 6.39. The summed E-state index contributed by atoms with van der Waals surface area (Å²) in [5.74, 6) is 0.523. The monoisotopic (exact) mass is 516 g/mol. The Morgan fingerprint density at radius 2 is 2.00 bits per heavy atom. The van der Waals surface area contributed by atoms with Crippen molar-refractivity contribution in [3.05, 3.63) is 33.9 Å². The van der Waals surface area contributed by atoms with Gasteiger partial charge in [0.25, 0.3) is 0 Å². The van der Waals surface area contributed by atoms with Gasteiger partial charge >= 0.3 is 0 Å². The first-order valence-electron chi connectivity index (χ1n) is 11.2. The van der Waals surface area contributed by atoms with E-state index in [1.807, 2.05) is 24.5 Å². The van der Waals surface area contributed by atoms with Crippen LogP contribution in [0.3, 0.4) is 0 Å². The molecule has 0 bridgehead atoms. The first-order chi connectivity index (χ1) is 16.6. The van der Waals surface area contributed by atoms with Gasteiger partial charge in [-0.2, -0.15) is 10.2 Å². The molecule has 0 spiro atoms. The molecule has 0 saturated heterocycles. The smallest absolute Gasteiger partial charge is 0.225 e. The van der Waals surface area contributed by atoms with Gasteiger partial charge in [0, 0.05) is 17.5 Å². The minimum Gasteiger partial charge on any atom is -0.394 e. The lowest BCUT2D eigenvalue weighted by atomic mass is 9.73. The molecular formula is C23H26Cl2N8O2. The van der Waals surface area contributed by atoms with Crippen LogP contribution in [0.5, 0.6) is 0 Å². The van der Waals surface area contributed by atoms with Gasteiger partial charge in [-0.1, -0.05) is 30.1 Å². The van der Waals surface area contributed by atoms with Crippen molar-refractivity contribution in [3.8, 4) is 6.07 Å². The minimum atomic E-state index is -0.557. The predicted octanol–water partition coefficient (Wildman–Crippen LogP) is 4.15. The average Bonchev–Trinajstić information content (AvgIpc) is 3.18. The molecule has 0 radical (unpaired) electrons. The maximum absolute atomic E-state index is 12.0. The van der Waals surface area contributed by atoms with Crippen LogP contribution in [-0.2, 0) is 4.79 Å². The second-order valence-electron chi connectivity index (χ2n) is 9.14. The van der Waals surface area contributed by atoms with Gasteiger partial charge in [-0.25, -0.2) is 9.97 Å². The van der Waals surface area contributed by atoms with E-state index < -0.39 is 5.41 Å². The number of carbonyl (C=O) groups is 1. The van der Waals surface area contributed by atoms with E-state index in [-0.39, 0.29) is 34.6 Å². The van der Waals surface area contributed by atoms with E-state index in [1.165, 1.54) is 12.1 Å². The summed E-state index contributed by atoms with van der Waals surface area (Å²) in [5, 5.41) is 25.4. The molecule has 3 aromatic rings. The van der Waals surface area contributed by atoms with Gasteiger partial charge < -0.3 is 21.5 Å². The number of nitrogens with zero attached hydrogens (tertiary/aromatic N) is 5. The van der Waals surface area contributed by atoms with E-state index in [1.54, 1.807) is 6.20 Å². The SMILES string of the molecule is C[C@@H](CO)Nc1ncc2nc(Nc3c(Cl)cc(C#N)cc3Cl)n(C3CCC(C)(C(N)=O)CC3)c2n1. The summed E-state index contributed by atoms with van der Waals surface area (Å²) in [6, 6.07) is 4.83. The zero-order chi connectivity index (χ0) is 25.3. The van der Waals surface area contributed by atoms with Crippen LogP contribution in [0.4, 0.5) is 17.6 Å². The highest BCUT2D eigenvalue weighted by Gasteiger charge is 2.37. The lowest BCUT2D eigenvalue weighted by Crippen LogP contribution is -2.38. The van der Waals surface area contributed by atoms with E-state index in [4.69, 9.17) is 33.9 Å². The number of carbonyl (C=O) groups excluding carboxylic acids is 1. The van der Waals surface area contributed by atoms with Gasteiger partial charge in [0.15, 0.2) is 5.65 Å². The molecule has 1 aliphatic carbocycles. The van der Waals surface area contributed by atoms with Crippen LogP contribution >= 0.6 is 23.2 Å². The maximum Gasteiger partial charge on any atom is 0.225 e. The van der Waals surface area contributed by atoms with Crippen LogP contribution in [-0.4, -0.2) is 43.2 Å². The van der Waals surface area contributed by atoms with Crippen LogP contribution in [0.2, 0.25) is 10.0 Å². The number of rotatable bonds is 7. The summed E-state index contributed by atoms with van der Waals surface area (Å²) in [7, 11) is 0. The topological polar surface area (TPSA) is 155 Å². The number of hydrogen-bond acceptors (Lipinski definition) is 8. The Kier molecular flexibility index (Phi) is 7.03. The van der Waals surface area contributed by atoms with Crippen molar-refractivity contribution < 1.29 is 9.90 Å². The predicted molar refractivity (Wildman–Crippen MR) is 135 cm³/mol. The number of primary amides is 1. The summed E-state index contributed by atoms with van der Waals surface area (Å²) >= 11 is 12.8. The third-order valence-electron chi connectivity index (χ3n) is 6.51. The zero-order valence-electron chi connectivity index (χ0n) is 19.3. The standard InChI is InChI=1S/C23H26Cl2N8O2/c1-12(11-34)29-21-28-10-17-19(32-21)33(14-3-5-23(2,6-4-14)20(27)35)22(30-17)31-18-15(24)7-13(9-26)8-16(18)25/h7-8,10,12,14,34H,3-6,11H2,1-2H3,(H2,27,35)(H,30,31)(H,28,29,32)/t12-,14?,23?/m0/s1. The van der Waals surface area contributed by atoms with Crippen molar-refractivity contribution in [1.82, 2.24) is 19.5 Å². The van der Waals surface area contributed by atoms with Crippen LogP contribution in [0, 0.1) is 16.7 Å². The number of aliphatic hydroxyl groups excluding tert-OH is 1. The molecule has 184 valence electrons. The summed E-state index contributed by atoms with van der Waals surface area (Å²) < 4.78 is 1.97. The van der Waals surface area contributed by atoms with Gasteiger partial charge in [0.1, 0.15) is 5.52 Å². The Hall–Kier alpha value is -3.13. The fraction of sp³-hybridized carbons (Fsp3) is 0.435. The Bertz CT molecular complexity index is 1290. The van der Waals surface area contributed by atoms with Gasteiger partial charge in [0.2, 0.25) is 17.8 Å². The molecule has 2 aromatic heterocycles. The number of aliphatic hydroxyl groups is 1. The second-order valence-corrected chi connectivity index (χ2v) is 9.96. The Morgan fingerprint density at radius 3 is 2.57 bits per heavy atom. The number of aromatic nitrogens is 4. The molecule has 4 rings (SSSR count). The van der Waals surface area contributed by atoms with E-state index in [0.29, 0.717) is 60.0 Å². The van der Waals surface area contributed by atoms with Gasteiger partial charge in [-0.05, 0) is 44.7 Å². The molecule has 5 N–H and O–H groups in total. The summed E-state index contributed by atoms with van der Waals surface area (Å²) in [5.41, 5.74) is 7.00. The molecule has 10 nitrogen and oxygen atoms in total. The summed E-state index contributed by atoms with van der Waals surface area (Å²) in [4.78, 5) is 25.7. The highest BCUT2D eigenvalue weighted by atomic mass is 35.5. The molecule has 1 atom stereocenters. The number of nitriles is 1. The summed E-state index contributed by atoms with van der Waals surface area (Å²) in [6.45, 7) is 3.64. The van der Waals surface area contributed by atoms with Gasteiger partial charge in [-0.3, -0.25) is 9.36 Å². The number of halogens is 2. The third-order valence-corrected chi connectivity index (χ3v) is 7.10. The van der Waals surface area contributed by atoms with Crippen LogP contribution in [0.1, 0.15) is 51.1 Å². The molecule has 35 heavy (non-hydrogen) atoms. The Morgan fingerprint density at radius 1 is 1.34 bits per heavy atom. The van der Waals surface area contributed by atoms with E-state index >= 15 is 0 Å². The fourth-order valence-electron chi connectivity index (χ4n) is 4.27. The molecule has 1 amide bonds. The number of nitrogens with two attached hydrogens (primary N) is 1. The first-order valence-corrected chi connectivity index (χ1v) is 12.0. The Labute approximate surface area is 212 Å². The number of fused-ring (bicyclic) bond motifs is 1. The molecule has 12 heteroatoms. The van der Waals surface area contributed by atoms with Crippen molar-refractivity contribution >= 4 is 57.9 Å². The molecule has 0 unspecified atom stereocenters. The zero-order valence-corrected chi connectivity index (χ0v) is 20.9. The van der Waals surface area contributed by atoms with Crippen molar-refractivity contribution in [1.29, 1.82) is 5.26 Å². The van der Waals surface area contributed by atoms with Crippen LogP contribution in [0.15, 0.2) is 18.3 Å². The maximum atomic E-state index is 12.0. The molecule has 1 aromatic carbocycles. The fourth-order valence-corrected chi connectivity index (χ4v) is 4.86. The van der Waals surface area contributed by atoms with E-state index in [9.17, 15) is 15.2 Å². The third kappa shape index (κ3) is 4.98. The number of amides is 1. The lowest BCUT2D eigenvalue weighted by molar-refractivity contribution is -0.128. The largest absolute Gasteiger partial charge is 0.394 e. The van der Waals surface area contributed by atoms with Gasteiger partial charge in [0.05, 0.1) is 40.2 Å². The quantitative estimate of drug-likeness (QED) is 0.364. The lowest BCUT2D eigenvalue weighted by Gasteiger charge is -2.35. The molecular weight excluding hydrogens is 491 g/mol. The highest BCUT2D eigenvalue weighted by Crippen LogP contribution is 2.43. The second kappa shape index (κ2) is 9.85. The van der Waals surface area contributed by atoms with E-state index in [0.717, 1.165) is 0 Å². The minimum absolute atomic E-state index is 0.0242. The first kappa shape index (κ1) is 25.0. The molecule has 1 fully saturated rings. The van der Waals surface area contributed by atoms with Crippen molar-refractivity contribution in [2.45, 2.75) is 51.6 Å². The molecule has 1 saturated carbocycles. The molecule has 2 heterocycles.